The maximum atomic E-state index is 6.58. The minimum atomic E-state index is -0.137. The third-order valence-corrected chi connectivity index (χ3v) is 5.10. The van der Waals surface area contributed by atoms with Crippen molar-refractivity contribution in [3.05, 3.63) is 64.9 Å². The lowest BCUT2D eigenvalue weighted by Gasteiger charge is -2.35. The molecule has 3 heteroatoms. The second-order valence-electron chi connectivity index (χ2n) is 6.46. The molecule has 2 nitrogen and oxygen atoms in total. The van der Waals surface area contributed by atoms with Crippen LogP contribution in [-0.4, -0.2) is 4.98 Å². The van der Waals surface area contributed by atoms with Crippen LogP contribution in [0.5, 0.6) is 0 Å². The summed E-state index contributed by atoms with van der Waals surface area (Å²) in [6.07, 6.45) is 6.89. The average molecular weight is 314 g/mol. The van der Waals surface area contributed by atoms with Crippen LogP contribution in [0.4, 0.5) is 0 Å². The molecule has 0 amide bonds. The molecule has 1 aromatic heterocycles. The summed E-state index contributed by atoms with van der Waals surface area (Å²) in [5, 5.41) is 0.786. The predicted molar refractivity (Wildman–Crippen MR) is 87.6 cm³/mol. The monoisotopic (exact) mass is 313 g/mol. The molecule has 4 rings (SSSR count). The predicted octanol–water partition coefficient (Wildman–Crippen LogP) is 4.97. The number of aromatic nitrogens is 1. The minimum absolute atomic E-state index is 0.137. The standard InChI is InChI=1S/C19H20ClNO/c20-17-10-8-16(9-11-17)19(14-4-5-14,15-6-7-15)22-13-18-3-1-2-12-21-18/h1-3,8-12,14-15H,4-7,13H2. The average Bonchev–Trinajstić information content (AvgIpc) is 3.43. The van der Waals surface area contributed by atoms with Crippen LogP contribution in [0.25, 0.3) is 0 Å². The summed E-state index contributed by atoms with van der Waals surface area (Å²) in [5.41, 5.74) is 2.15. The van der Waals surface area contributed by atoms with E-state index in [0.29, 0.717) is 18.4 Å². The van der Waals surface area contributed by atoms with Gasteiger partial charge in [0.25, 0.3) is 0 Å². The summed E-state index contributed by atoms with van der Waals surface area (Å²) in [4.78, 5) is 4.40. The van der Waals surface area contributed by atoms with Crippen molar-refractivity contribution in [3.8, 4) is 0 Å². The molecule has 0 saturated heterocycles. The van der Waals surface area contributed by atoms with Gasteiger partial charge in [-0.2, -0.15) is 0 Å². The van der Waals surface area contributed by atoms with Gasteiger partial charge < -0.3 is 4.74 Å². The number of halogens is 1. The van der Waals surface area contributed by atoms with E-state index in [1.807, 2.05) is 36.5 Å². The Hall–Kier alpha value is -1.38. The molecule has 1 aromatic carbocycles. The summed E-state index contributed by atoms with van der Waals surface area (Å²) < 4.78 is 6.58. The van der Waals surface area contributed by atoms with E-state index in [0.717, 1.165) is 10.7 Å². The van der Waals surface area contributed by atoms with Crippen molar-refractivity contribution in [2.45, 2.75) is 37.9 Å². The van der Waals surface area contributed by atoms with E-state index in [1.165, 1.54) is 31.2 Å². The van der Waals surface area contributed by atoms with E-state index < -0.39 is 0 Å². The Bertz CT molecular complexity index is 620. The van der Waals surface area contributed by atoms with Crippen LogP contribution in [0.2, 0.25) is 5.02 Å². The minimum Gasteiger partial charge on any atom is -0.363 e. The Morgan fingerprint density at radius 3 is 2.23 bits per heavy atom. The summed E-state index contributed by atoms with van der Waals surface area (Å²) in [7, 11) is 0. The molecular weight excluding hydrogens is 294 g/mol. The number of ether oxygens (including phenoxy) is 1. The van der Waals surface area contributed by atoms with Crippen molar-refractivity contribution in [1.29, 1.82) is 0 Å². The van der Waals surface area contributed by atoms with Gasteiger partial charge in [-0.3, -0.25) is 4.98 Å². The molecule has 2 aromatic rings. The molecule has 2 aliphatic carbocycles. The molecule has 0 atom stereocenters. The first kappa shape index (κ1) is 14.2. The SMILES string of the molecule is Clc1ccc(C(OCc2ccccn2)(C2CC2)C2CC2)cc1. The number of hydrogen-bond acceptors (Lipinski definition) is 2. The number of pyridine rings is 1. The first-order valence-corrected chi connectivity index (χ1v) is 8.47. The number of nitrogens with zero attached hydrogens (tertiary/aromatic N) is 1. The molecule has 2 saturated carbocycles. The van der Waals surface area contributed by atoms with Gasteiger partial charge in [0.05, 0.1) is 17.9 Å². The zero-order chi connectivity index (χ0) is 15.0. The van der Waals surface area contributed by atoms with Gasteiger partial charge in [-0.15, -0.1) is 0 Å². The highest BCUT2D eigenvalue weighted by atomic mass is 35.5. The molecule has 0 N–H and O–H groups in total. The molecule has 2 fully saturated rings. The molecule has 0 aliphatic heterocycles. The molecule has 22 heavy (non-hydrogen) atoms. The van der Waals surface area contributed by atoms with Gasteiger partial charge >= 0.3 is 0 Å². The van der Waals surface area contributed by atoms with Crippen LogP contribution < -0.4 is 0 Å². The number of rotatable bonds is 6. The van der Waals surface area contributed by atoms with Gasteiger partial charge in [-0.1, -0.05) is 29.8 Å². The molecule has 1 heterocycles. The topological polar surface area (TPSA) is 22.1 Å². The molecular formula is C19H20ClNO. The Labute approximate surface area is 136 Å². The van der Waals surface area contributed by atoms with Crippen LogP contribution in [0.15, 0.2) is 48.7 Å². The molecule has 0 bridgehead atoms. The van der Waals surface area contributed by atoms with E-state index in [9.17, 15) is 0 Å². The summed E-state index contributed by atoms with van der Waals surface area (Å²) in [5.74, 6) is 1.29. The first-order chi connectivity index (χ1) is 10.8. The second-order valence-corrected chi connectivity index (χ2v) is 6.89. The van der Waals surface area contributed by atoms with Gasteiger partial charge in [0.1, 0.15) is 0 Å². The first-order valence-electron chi connectivity index (χ1n) is 8.09. The zero-order valence-corrected chi connectivity index (χ0v) is 13.3. The molecule has 0 unspecified atom stereocenters. The fourth-order valence-corrected chi connectivity index (χ4v) is 3.66. The summed E-state index contributed by atoms with van der Waals surface area (Å²) in [6, 6.07) is 14.3. The van der Waals surface area contributed by atoms with Gasteiger partial charge in [0.15, 0.2) is 0 Å². The van der Waals surface area contributed by atoms with Gasteiger partial charge in [0, 0.05) is 11.2 Å². The Balaban J connectivity index is 1.64. The highest BCUT2D eigenvalue weighted by Crippen LogP contribution is 2.59. The summed E-state index contributed by atoms with van der Waals surface area (Å²) >= 11 is 6.07. The number of hydrogen-bond donors (Lipinski definition) is 0. The van der Waals surface area contributed by atoms with E-state index >= 15 is 0 Å². The van der Waals surface area contributed by atoms with Crippen molar-refractivity contribution in [1.82, 2.24) is 4.98 Å². The van der Waals surface area contributed by atoms with Crippen molar-refractivity contribution in [2.75, 3.05) is 0 Å². The molecule has 0 radical (unpaired) electrons. The van der Waals surface area contributed by atoms with Crippen LogP contribution in [0, 0.1) is 11.8 Å². The largest absolute Gasteiger partial charge is 0.363 e. The van der Waals surface area contributed by atoms with E-state index in [2.05, 4.69) is 17.1 Å². The lowest BCUT2D eigenvalue weighted by atomic mass is 9.83. The van der Waals surface area contributed by atoms with Crippen LogP contribution in [-0.2, 0) is 16.9 Å². The lowest BCUT2D eigenvalue weighted by Crippen LogP contribution is -2.35. The van der Waals surface area contributed by atoms with E-state index in [-0.39, 0.29) is 5.60 Å². The molecule has 114 valence electrons. The van der Waals surface area contributed by atoms with Gasteiger partial charge in [-0.25, -0.2) is 0 Å². The lowest BCUT2D eigenvalue weighted by molar-refractivity contribution is -0.0973. The fraction of sp³-hybridized carbons (Fsp3) is 0.421. The van der Waals surface area contributed by atoms with Crippen LogP contribution in [0.3, 0.4) is 0 Å². The van der Waals surface area contributed by atoms with Crippen molar-refractivity contribution < 1.29 is 4.74 Å². The molecule has 0 spiro atoms. The second kappa shape index (κ2) is 5.68. The normalized spacial score (nSPS) is 18.4. The van der Waals surface area contributed by atoms with E-state index in [1.54, 1.807) is 0 Å². The Kier molecular flexibility index (Phi) is 3.67. The smallest absolute Gasteiger partial charge is 0.0992 e. The Morgan fingerprint density at radius 1 is 1.00 bits per heavy atom. The van der Waals surface area contributed by atoms with Crippen molar-refractivity contribution in [3.63, 3.8) is 0 Å². The van der Waals surface area contributed by atoms with E-state index in [4.69, 9.17) is 16.3 Å². The zero-order valence-electron chi connectivity index (χ0n) is 12.5. The highest BCUT2D eigenvalue weighted by Gasteiger charge is 2.56. The van der Waals surface area contributed by atoms with Crippen molar-refractivity contribution in [2.24, 2.45) is 11.8 Å². The van der Waals surface area contributed by atoms with Gasteiger partial charge in [0.2, 0.25) is 0 Å². The summed E-state index contributed by atoms with van der Waals surface area (Å²) in [6.45, 7) is 0.580. The van der Waals surface area contributed by atoms with Crippen molar-refractivity contribution >= 4 is 11.6 Å². The number of benzene rings is 1. The quantitative estimate of drug-likeness (QED) is 0.751. The van der Waals surface area contributed by atoms with Gasteiger partial charge in [-0.05, 0) is 67.3 Å². The highest BCUT2D eigenvalue weighted by molar-refractivity contribution is 6.30. The molecule has 2 aliphatic rings. The third kappa shape index (κ3) is 2.66. The third-order valence-electron chi connectivity index (χ3n) is 4.85. The maximum absolute atomic E-state index is 6.58. The fourth-order valence-electron chi connectivity index (χ4n) is 3.54. The Morgan fingerprint density at radius 2 is 1.68 bits per heavy atom. The van der Waals surface area contributed by atoms with Crippen LogP contribution >= 0.6 is 11.6 Å². The van der Waals surface area contributed by atoms with Crippen LogP contribution in [0.1, 0.15) is 36.9 Å². The maximum Gasteiger partial charge on any atom is 0.0992 e.